The van der Waals surface area contributed by atoms with Crippen LogP contribution in [0.1, 0.15) is 28.4 Å². The van der Waals surface area contributed by atoms with Crippen molar-refractivity contribution in [2.75, 3.05) is 0 Å². The normalized spacial score (nSPS) is 10.7. The average molecular weight is 308 g/mol. The summed E-state index contributed by atoms with van der Waals surface area (Å²) < 4.78 is 10.8. The molecule has 0 unspecified atom stereocenters. The minimum absolute atomic E-state index is 0.0250. The summed E-state index contributed by atoms with van der Waals surface area (Å²) in [6, 6.07) is 12.4. The lowest BCUT2D eigenvalue weighted by atomic mass is 10.1. The molecule has 4 nitrogen and oxygen atoms in total. The van der Waals surface area contributed by atoms with Gasteiger partial charge >= 0.3 is 5.97 Å². The Hall–Kier alpha value is -2.88. The molecule has 0 aliphatic rings. The highest BCUT2D eigenvalue weighted by atomic mass is 16.5. The summed E-state index contributed by atoms with van der Waals surface area (Å²) >= 11 is 0. The van der Waals surface area contributed by atoms with Gasteiger partial charge in [0.15, 0.2) is 5.78 Å². The third-order valence-electron chi connectivity index (χ3n) is 3.64. The van der Waals surface area contributed by atoms with Crippen LogP contribution in [0.25, 0.3) is 11.0 Å². The SMILES string of the molecule is CC(=O)c1ccc(OC(=O)Cc2coc3cc(C)ccc23)cc1. The molecular formula is C19H16O4. The Morgan fingerprint density at radius 2 is 1.83 bits per heavy atom. The highest BCUT2D eigenvalue weighted by Gasteiger charge is 2.12. The molecule has 4 heteroatoms. The standard InChI is InChI=1S/C19H16O4/c1-12-3-8-17-15(11-22-18(17)9-12)10-19(21)23-16-6-4-14(5-7-16)13(2)20/h3-9,11H,10H2,1-2H3. The third-order valence-corrected chi connectivity index (χ3v) is 3.64. The first-order chi connectivity index (χ1) is 11.0. The predicted molar refractivity (Wildman–Crippen MR) is 86.7 cm³/mol. The number of ketones is 1. The molecule has 23 heavy (non-hydrogen) atoms. The Balaban J connectivity index is 1.72. The van der Waals surface area contributed by atoms with E-state index < -0.39 is 0 Å². The summed E-state index contributed by atoms with van der Waals surface area (Å²) in [6.07, 6.45) is 1.72. The lowest BCUT2D eigenvalue weighted by Crippen LogP contribution is -2.11. The van der Waals surface area contributed by atoms with Gasteiger partial charge in [-0.1, -0.05) is 12.1 Å². The number of aryl methyl sites for hydroxylation is 1. The van der Waals surface area contributed by atoms with Crippen LogP contribution in [0.3, 0.4) is 0 Å². The van der Waals surface area contributed by atoms with Gasteiger partial charge in [-0.25, -0.2) is 0 Å². The zero-order chi connectivity index (χ0) is 16.4. The van der Waals surface area contributed by atoms with Gasteiger partial charge in [0.05, 0.1) is 12.7 Å². The largest absolute Gasteiger partial charge is 0.464 e. The van der Waals surface area contributed by atoms with E-state index >= 15 is 0 Å². The Bertz CT molecular complexity index is 872. The molecule has 0 saturated carbocycles. The second-order valence-corrected chi connectivity index (χ2v) is 5.49. The minimum Gasteiger partial charge on any atom is -0.464 e. The van der Waals surface area contributed by atoms with Crippen molar-refractivity contribution in [2.45, 2.75) is 20.3 Å². The van der Waals surface area contributed by atoms with Crippen LogP contribution in [0.15, 0.2) is 53.1 Å². The number of carbonyl (C=O) groups is 2. The third kappa shape index (κ3) is 3.31. The number of rotatable bonds is 4. The van der Waals surface area contributed by atoms with Crippen LogP contribution in [-0.4, -0.2) is 11.8 Å². The van der Waals surface area contributed by atoms with Crippen LogP contribution in [-0.2, 0) is 11.2 Å². The summed E-state index contributed by atoms with van der Waals surface area (Å²) in [4.78, 5) is 23.3. The van der Waals surface area contributed by atoms with Gasteiger partial charge in [-0.2, -0.15) is 0 Å². The number of carbonyl (C=O) groups excluding carboxylic acids is 2. The van der Waals surface area contributed by atoms with Crippen LogP contribution < -0.4 is 4.74 Å². The molecule has 0 atom stereocenters. The first kappa shape index (κ1) is 15.0. The van der Waals surface area contributed by atoms with E-state index in [1.54, 1.807) is 30.5 Å². The molecule has 0 fully saturated rings. The first-order valence-electron chi connectivity index (χ1n) is 7.31. The van der Waals surface area contributed by atoms with E-state index in [0.29, 0.717) is 11.3 Å². The fraction of sp³-hybridized carbons (Fsp3) is 0.158. The Morgan fingerprint density at radius 3 is 2.52 bits per heavy atom. The van der Waals surface area contributed by atoms with Crippen molar-refractivity contribution in [3.05, 3.63) is 65.4 Å². The van der Waals surface area contributed by atoms with Crippen molar-refractivity contribution in [2.24, 2.45) is 0 Å². The molecule has 0 saturated heterocycles. The molecule has 3 aromatic rings. The summed E-state index contributed by atoms with van der Waals surface area (Å²) in [5, 5.41) is 0.916. The smallest absolute Gasteiger partial charge is 0.315 e. The van der Waals surface area contributed by atoms with Gasteiger partial charge in [0.1, 0.15) is 11.3 Å². The van der Waals surface area contributed by atoms with Gasteiger partial charge in [0, 0.05) is 16.5 Å². The maximum atomic E-state index is 12.1. The molecule has 1 heterocycles. The number of furan rings is 1. The summed E-state index contributed by atoms with van der Waals surface area (Å²) in [7, 11) is 0. The van der Waals surface area contributed by atoms with E-state index in [1.165, 1.54) is 6.92 Å². The zero-order valence-corrected chi connectivity index (χ0v) is 13.0. The number of hydrogen-bond acceptors (Lipinski definition) is 4. The van der Waals surface area contributed by atoms with Gasteiger partial charge in [-0.05, 0) is 49.7 Å². The molecule has 116 valence electrons. The summed E-state index contributed by atoms with van der Waals surface area (Å²) in [5.74, 6) is 0.0236. The maximum Gasteiger partial charge on any atom is 0.315 e. The molecule has 0 amide bonds. The summed E-state index contributed by atoms with van der Waals surface area (Å²) in [6.45, 7) is 3.48. The van der Waals surface area contributed by atoms with Crippen LogP contribution in [0.4, 0.5) is 0 Å². The van der Waals surface area contributed by atoms with Crippen molar-refractivity contribution in [1.29, 1.82) is 0 Å². The highest BCUT2D eigenvalue weighted by molar-refractivity contribution is 5.94. The number of fused-ring (bicyclic) bond motifs is 1. The Labute approximate surface area is 133 Å². The second kappa shape index (κ2) is 6.08. The molecule has 2 aromatic carbocycles. The first-order valence-corrected chi connectivity index (χ1v) is 7.31. The Kier molecular flexibility index (Phi) is 3.98. The van der Waals surface area contributed by atoms with Crippen molar-refractivity contribution in [1.82, 2.24) is 0 Å². The van der Waals surface area contributed by atoms with Crippen molar-refractivity contribution in [3.63, 3.8) is 0 Å². The van der Waals surface area contributed by atoms with Crippen molar-refractivity contribution >= 4 is 22.7 Å². The van der Waals surface area contributed by atoms with Gasteiger partial charge in [0.2, 0.25) is 0 Å². The monoisotopic (exact) mass is 308 g/mol. The quantitative estimate of drug-likeness (QED) is 0.414. The zero-order valence-electron chi connectivity index (χ0n) is 13.0. The van der Waals surface area contributed by atoms with Crippen molar-refractivity contribution in [3.8, 4) is 5.75 Å². The maximum absolute atomic E-state index is 12.1. The van der Waals surface area contributed by atoms with E-state index in [2.05, 4.69) is 0 Å². The molecule has 0 aliphatic carbocycles. The molecule has 3 rings (SSSR count). The van der Waals surface area contributed by atoms with Crippen LogP contribution in [0, 0.1) is 6.92 Å². The van der Waals surface area contributed by atoms with E-state index in [1.807, 2.05) is 25.1 Å². The molecule has 0 aliphatic heterocycles. The number of hydrogen-bond donors (Lipinski definition) is 0. The van der Waals surface area contributed by atoms with Crippen molar-refractivity contribution < 1.29 is 18.7 Å². The second-order valence-electron chi connectivity index (χ2n) is 5.49. The fourth-order valence-electron chi connectivity index (χ4n) is 2.41. The highest BCUT2D eigenvalue weighted by Crippen LogP contribution is 2.23. The lowest BCUT2D eigenvalue weighted by molar-refractivity contribution is -0.133. The molecular weight excluding hydrogens is 292 g/mol. The van der Waals surface area contributed by atoms with E-state index in [-0.39, 0.29) is 18.2 Å². The topological polar surface area (TPSA) is 56.5 Å². The molecule has 0 N–H and O–H groups in total. The fourth-order valence-corrected chi connectivity index (χ4v) is 2.41. The van der Waals surface area contributed by atoms with Gasteiger partial charge in [0.25, 0.3) is 0 Å². The predicted octanol–water partition coefficient (Wildman–Crippen LogP) is 4.09. The molecule has 0 bridgehead atoms. The van der Waals surface area contributed by atoms with Gasteiger partial charge < -0.3 is 9.15 Å². The minimum atomic E-state index is -0.371. The van der Waals surface area contributed by atoms with E-state index in [9.17, 15) is 9.59 Å². The average Bonchev–Trinajstić information content (AvgIpc) is 2.89. The molecule has 1 aromatic heterocycles. The van der Waals surface area contributed by atoms with Crippen LogP contribution >= 0.6 is 0 Å². The molecule has 0 radical (unpaired) electrons. The number of Topliss-reactive ketones (excluding diaryl/α,β-unsaturated/α-hetero) is 1. The Morgan fingerprint density at radius 1 is 1.09 bits per heavy atom. The van der Waals surface area contributed by atoms with Gasteiger partial charge in [-0.15, -0.1) is 0 Å². The van der Waals surface area contributed by atoms with Gasteiger partial charge in [-0.3, -0.25) is 9.59 Å². The number of ether oxygens (including phenoxy) is 1. The van der Waals surface area contributed by atoms with Crippen LogP contribution in [0.5, 0.6) is 5.75 Å². The molecule has 0 spiro atoms. The van der Waals surface area contributed by atoms with E-state index in [4.69, 9.17) is 9.15 Å². The number of benzene rings is 2. The number of esters is 1. The summed E-state index contributed by atoms with van der Waals surface area (Å²) in [5.41, 5.74) is 3.25. The van der Waals surface area contributed by atoms with E-state index in [0.717, 1.165) is 22.1 Å². The lowest BCUT2D eigenvalue weighted by Gasteiger charge is -2.04. The van der Waals surface area contributed by atoms with Crippen LogP contribution in [0.2, 0.25) is 0 Å².